The molecule has 3 aromatic carbocycles. The standard InChI is InChI=1S/C28H27Cl2N3O5S/c1-28(2,3)38-26(34)17-33(39(36,37)22-13-18(29)12-19(30)14-22)21-10-11-23-24(16-32(4)25(23)15-21)27(35)31-20-8-6-5-7-9-20/h5-16H,17H2,1-4H3,(H,31,35). The molecule has 0 unspecified atom stereocenters. The largest absolute Gasteiger partial charge is 0.459 e. The molecule has 8 nitrogen and oxygen atoms in total. The number of rotatable bonds is 7. The van der Waals surface area contributed by atoms with E-state index in [1.165, 1.54) is 24.3 Å². The second-order valence-corrected chi connectivity index (χ2v) is 12.6. The number of para-hydroxylation sites is 1. The topological polar surface area (TPSA) is 97.7 Å². The van der Waals surface area contributed by atoms with Gasteiger partial charge in [0.25, 0.3) is 15.9 Å². The van der Waals surface area contributed by atoms with Crippen LogP contribution in [0.15, 0.2) is 77.8 Å². The first-order valence-electron chi connectivity index (χ1n) is 11.9. The zero-order valence-electron chi connectivity index (χ0n) is 21.7. The lowest BCUT2D eigenvalue weighted by Gasteiger charge is -2.26. The van der Waals surface area contributed by atoms with Crippen LogP contribution in [0.5, 0.6) is 0 Å². The summed E-state index contributed by atoms with van der Waals surface area (Å²) in [6.45, 7) is 4.48. The summed E-state index contributed by atoms with van der Waals surface area (Å²) < 4.78 is 35.7. The van der Waals surface area contributed by atoms with E-state index in [9.17, 15) is 18.0 Å². The molecule has 0 atom stereocenters. The number of nitrogens with zero attached hydrogens (tertiary/aromatic N) is 2. The van der Waals surface area contributed by atoms with Crippen LogP contribution in [0.4, 0.5) is 11.4 Å². The number of sulfonamides is 1. The van der Waals surface area contributed by atoms with Crippen LogP contribution in [0.2, 0.25) is 10.0 Å². The van der Waals surface area contributed by atoms with E-state index < -0.39 is 28.1 Å². The Hall–Kier alpha value is -3.53. The van der Waals surface area contributed by atoms with Crippen molar-refractivity contribution in [3.63, 3.8) is 0 Å². The molecular weight excluding hydrogens is 561 g/mol. The van der Waals surface area contributed by atoms with Crippen LogP contribution in [0.1, 0.15) is 31.1 Å². The molecule has 1 aromatic heterocycles. The van der Waals surface area contributed by atoms with E-state index in [-0.39, 0.29) is 26.5 Å². The maximum Gasteiger partial charge on any atom is 0.327 e. The van der Waals surface area contributed by atoms with Crippen LogP contribution < -0.4 is 9.62 Å². The van der Waals surface area contributed by atoms with Gasteiger partial charge in [-0.3, -0.25) is 13.9 Å². The zero-order chi connectivity index (χ0) is 28.5. The van der Waals surface area contributed by atoms with E-state index in [0.717, 1.165) is 4.31 Å². The molecule has 1 amide bonds. The van der Waals surface area contributed by atoms with Crippen LogP contribution in [-0.4, -0.2) is 37.0 Å². The molecule has 0 fully saturated rings. The van der Waals surface area contributed by atoms with Crippen LogP contribution in [0.3, 0.4) is 0 Å². The molecule has 0 aliphatic heterocycles. The first-order valence-corrected chi connectivity index (χ1v) is 14.1. The number of hydrogen-bond acceptors (Lipinski definition) is 5. The highest BCUT2D eigenvalue weighted by molar-refractivity contribution is 7.92. The van der Waals surface area contributed by atoms with Crippen molar-refractivity contribution in [2.75, 3.05) is 16.2 Å². The minimum Gasteiger partial charge on any atom is -0.459 e. The Morgan fingerprint density at radius 3 is 2.23 bits per heavy atom. The van der Waals surface area contributed by atoms with Crippen molar-refractivity contribution < 1.29 is 22.7 Å². The third-order valence-electron chi connectivity index (χ3n) is 5.66. The number of aromatic nitrogens is 1. The first-order chi connectivity index (χ1) is 18.2. The Kier molecular flexibility index (Phi) is 7.97. The van der Waals surface area contributed by atoms with Crippen molar-refractivity contribution in [1.29, 1.82) is 0 Å². The number of aryl methyl sites for hydroxylation is 1. The highest BCUT2D eigenvalue weighted by atomic mass is 35.5. The quantitative estimate of drug-likeness (QED) is 0.257. The number of halogens is 2. The molecule has 4 aromatic rings. The number of fused-ring (bicyclic) bond motifs is 1. The fraction of sp³-hybridized carbons (Fsp3) is 0.214. The Morgan fingerprint density at radius 2 is 1.62 bits per heavy atom. The molecule has 0 bridgehead atoms. The number of esters is 1. The summed E-state index contributed by atoms with van der Waals surface area (Å²) in [6.07, 6.45) is 1.66. The molecule has 11 heteroatoms. The summed E-state index contributed by atoms with van der Waals surface area (Å²) in [5.41, 5.74) is 1.01. The van der Waals surface area contributed by atoms with Gasteiger partial charge < -0.3 is 14.6 Å². The molecule has 0 aliphatic carbocycles. The van der Waals surface area contributed by atoms with Crippen molar-refractivity contribution in [3.8, 4) is 0 Å². The highest BCUT2D eigenvalue weighted by Gasteiger charge is 2.30. The molecule has 1 heterocycles. The summed E-state index contributed by atoms with van der Waals surface area (Å²) in [5, 5.41) is 3.73. The number of nitrogens with one attached hydrogen (secondary N) is 1. The number of benzene rings is 3. The smallest absolute Gasteiger partial charge is 0.327 e. The lowest BCUT2D eigenvalue weighted by molar-refractivity contribution is -0.152. The molecule has 4 rings (SSSR count). The van der Waals surface area contributed by atoms with Gasteiger partial charge in [-0.25, -0.2) is 8.42 Å². The number of hydrogen-bond donors (Lipinski definition) is 1. The fourth-order valence-corrected chi connectivity index (χ4v) is 6.17. The van der Waals surface area contributed by atoms with Gasteiger partial charge in [0, 0.05) is 34.4 Å². The Morgan fingerprint density at radius 1 is 0.974 bits per heavy atom. The molecule has 0 saturated carbocycles. The molecule has 0 saturated heterocycles. The van der Waals surface area contributed by atoms with E-state index in [1.807, 2.05) is 18.2 Å². The normalized spacial score (nSPS) is 11.8. The number of ether oxygens (including phenoxy) is 1. The van der Waals surface area contributed by atoms with Gasteiger partial charge in [-0.1, -0.05) is 41.4 Å². The van der Waals surface area contributed by atoms with Crippen LogP contribution in [-0.2, 0) is 26.6 Å². The van der Waals surface area contributed by atoms with Crippen LogP contribution >= 0.6 is 23.2 Å². The molecule has 1 N–H and O–H groups in total. The molecule has 0 radical (unpaired) electrons. The van der Waals surface area contributed by atoms with Gasteiger partial charge in [-0.2, -0.15) is 0 Å². The molecular formula is C28H27Cl2N3O5S. The van der Waals surface area contributed by atoms with Crippen molar-refractivity contribution in [3.05, 3.63) is 88.5 Å². The predicted octanol–water partition coefficient (Wildman–Crippen LogP) is 6.27. The van der Waals surface area contributed by atoms with Crippen molar-refractivity contribution in [2.45, 2.75) is 31.3 Å². The van der Waals surface area contributed by atoms with Gasteiger partial charge in [0.1, 0.15) is 12.1 Å². The minimum atomic E-state index is -4.31. The Labute approximate surface area is 237 Å². The van der Waals surface area contributed by atoms with Crippen molar-refractivity contribution >= 4 is 67.4 Å². The molecule has 0 aliphatic rings. The van der Waals surface area contributed by atoms with Gasteiger partial charge in [-0.15, -0.1) is 0 Å². The average molecular weight is 589 g/mol. The van der Waals surface area contributed by atoms with E-state index in [2.05, 4.69) is 5.32 Å². The Balaban J connectivity index is 1.78. The maximum absolute atomic E-state index is 13.8. The van der Waals surface area contributed by atoms with E-state index in [1.54, 1.807) is 62.8 Å². The summed E-state index contributed by atoms with van der Waals surface area (Å²) >= 11 is 12.2. The van der Waals surface area contributed by atoms with E-state index in [0.29, 0.717) is 22.2 Å². The van der Waals surface area contributed by atoms with Crippen LogP contribution in [0, 0.1) is 0 Å². The molecule has 39 heavy (non-hydrogen) atoms. The van der Waals surface area contributed by atoms with Crippen molar-refractivity contribution in [2.24, 2.45) is 7.05 Å². The van der Waals surface area contributed by atoms with Crippen LogP contribution in [0.25, 0.3) is 10.9 Å². The predicted molar refractivity (Wildman–Crippen MR) is 154 cm³/mol. The second kappa shape index (κ2) is 10.9. The number of carbonyl (C=O) groups is 2. The number of carbonyl (C=O) groups excluding carboxylic acids is 2. The first kappa shape index (κ1) is 28.5. The summed E-state index contributed by atoms with van der Waals surface area (Å²) in [5.74, 6) is -1.06. The molecule has 0 spiro atoms. The second-order valence-electron chi connectivity index (χ2n) is 9.88. The SMILES string of the molecule is Cn1cc(C(=O)Nc2ccccc2)c2ccc(N(CC(=O)OC(C)(C)C)S(=O)(=O)c3cc(Cl)cc(Cl)c3)cc21. The van der Waals surface area contributed by atoms with Gasteiger partial charge in [-0.05, 0) is 69.3 Å². The number of anilines is 2. The lowest BCUT2D eigenvalue weighted by Crippen LogP contribution is -2.39. The summed E-state index contributed by atoms with van der Waals surface area (Å²) in [7, 11) is -2.56. The fourth-order valence-electron chi connectivity index (χ4n) is 4.04. The van der Waals surface area contributed by atoms with Gasteiger partial charge in [0.2, 0.25) is 0 Å². The highest BCUT2D eigenvalue weighted by Crippen LogP contribution is 2.32. The Bertz CT molecular complexity index is 1640. The zero-order valence-corrected chi connectivity index (χ0v) is 24.1. The van der Waals surface area contributed by atoms with Gasteiger partial charge in [0.15, 0.2) is 0 Å². The lowest BCUT2D eigenvalue weighted by atomic mass is 10.1. The molecule has 204 valence electrons. The number of amides is 1. The van der Waals surface area contributed by atoms with E-state index in [4.69, 9.17) is 27.9 Å². The summed E-state index contributed by atoms with van der Waals surface area (Å²) in [6, 6.07) is 17.8. The van der Waals surface area contributed by atoms with Gasteiger partial charge >= 0.3 is 5.97 Å². The van der Waals surface area contributed by atoms with Crippen molar-refractivity contribution in [1.82, 2.24) is 4.57 Å². The van der Waals surface area contributed by atoms with Gasteiger partial charge in [0.05, 0.1) is 21.7 Å². The minimum absolute atomic E-state index is 0.130. The van der Waals surface area contributed by atoms with E-state index >= 15 is 0 Å². The average Bonchev–Trinajstić information content (AvgIpc) is 3.17. The third kappa shape index (κ3) is 6.55. The maximum atomic E-state index is 13.8. The monoisotopic (exact) mass is 587 g/mol. The third-order valence-corrected chi connectivity index (χ3v) is 7.84. The summed E-state index contributed by atoms with van der Waals surface area (Å²) in [4.78, 5) is 25.7.